The molecule has 7 heteroatoms. The second-order valence-corrected chi connectivity index (χ2v) is 7.16. The summed E-state index contributed by atoms with van der Waals surface area (Å²) in [4.78, 5) is 12.0. The number of phenolic OH excluding ortho intramolecular Hbond substituents is 1. The molecule has 0 amide bonds. The van der Waals surface area contributed by atoms with Crippen LogP contribution in [0.5, 0.6) is 5.75 Å². The Kier molecular flexibility index (Phi) is 7.17. The third-order valence-corrected chi connectivity index (χ3v) is 4.59. The Morgan fingerprint density at radius 3 is 2.78 bits per heavy atom. The van der Waals surface area contributed by atoms with E-state index in [0.29, 0.717) is 20.1 Å². The number of hydrogen-bond donors (Lipinski definition) is 1. The summed E-state index contributed by atoms with van der Waals surface area (Å²) in [5.74, 6) is 0.0441. The van der Waals surface area contributed by atoms with Crippen LogP contribution >= 0.6 is 69.2 Å². The summed E-state index contributed by atoms with van der Waals surface area (Å²) >= 11 is 10.2. The van der Waals surface area contributed by atoms with Gasteiger partial charge in [-0.2, -0.15) is 0 Å². The van der Waals surface area contributed by atoms with Crippen LogP contribution in [0.4, 0.5) is 0 Å². The van der Waals surface area contributed by atoms with Crippen LogP contribution in [0.25, 0.3) is 0 Å². The highest BCUT2D eigenvalue weighted by atomic mass is 127. The average molecular weight is 508 g/mol. The standard InChI is InChI=1S/C11H10I2O3S2/c1-2-16-11(17)18-5-9(14)7-3-6(12)4-8(13)10(7)15/h3-4,15H,2,5H2,1H3. The van der Waals surface area contributed by atoms with Crippen molar-refractivity contribution in [3.63, 3.8) is 0 Å². The molecular formula is C11H10I2O3S2. The Morgan fingerprint density at radius 2 is 2.17 bits per heavy atom. The third-order valence-electron chi connectivity index (χ3n) is 1.91. The van der Waals surface area contributed by atoms with Crippen molar-refractivity contribution in [3.05, 3.63) is 24.8 Å². The van der Waals surface area contributed by atoms with E-state index in [1.165, 1.54) is 11.8 Å². The maximum atomic E-state index is 12.0. The van der Waals surface area contributed by atoms with Gasteiger partial charge in [0.2, 0.25) is 4.38 Å². The lowest BCUT2D eigenvalue weighted by atomic mass is 10.1. The van der Waals surface area contributed by atoms with Crippen LogP contribution in [-0.2, 0) is 4.74 Å². The molecule has 0 saturated heterocycles. The maximum Gasteiger partial charge on any atom is 0.220 e. The Balaban J connectivity index is 2.76. The molecule has 0 fully saturated rings. The fourth-order valence-electron chi connectivity index (χ4n) is 1.14. The number of hydrogen-bond acceptors (Lipinski definition) is 5. The minimum absolute atomic E-state index is 0.0314. The summed E-state index contributed by atoms with van der Waals surface area (Å²) in [5.41, 5.74) is 0.332. The van der Waals surface area contributed by atoms with E-state index in [9.17, 15) is 9.90 Å². The topological polar surface area (TPSA) is 46.5 Å². The third kappa shape index (κ3) is 4.82. The first-order valence-corrected chi connectivity index (χ1v) is 8.51. The molecule has 1 rings (SSSR count). The second kappa shape index (κ2) is 7.85. The van der Waals surface area contributed by atoms with Crippen molar-refractivity contribution in [2.45, 2.75) is 6.92 Å². The van der Waals surface area contributed by atoms with Crippen LogP contribution in [0.2, 0.25) is 0 Å². The van der Waals surface area contributed by atoms with Gasteiger partial charge < -0.3 is 9.84 Å². The minimum atomic E-state index is -0.156. The van der Waals surface area contributed by atoms with Gasteiger partial charge in [-0.15, -0.1) is 0 Å². The molecule has 0 aliphatic heterocycles. The fourth-order valence-corrected chi connectivity index (χ4v) is 3.89. The summed E-state index contributed by atoms with van der Waals surface area (Å²) in [7, 11) is 0. The number of thioether (sulfide) groups is 1. The summed E-state index contributed by atoms with van der Waals surface area (Å²) in [6.45, 7) is 2.33. The lowest BCUT2D eigenvalue weighted by molar-refractivity contribution is 0.102. The number of carbonyl (C=O) groups excluding carboxylic acids is 1. The molecule has 0 radical (unpaired) electrons. The molecule has 0 aliphatic rings. The number of halogens is 2. The van der Waals surface area contributed by atoms with E-state index in [2.05, 4.69) is 22.6 Å². The van der Waals surface area contributed by atoms with Gasteiger partial charge in [0, 0.05) is 3.57 Å². The molecule has 1 aromatic rings. The lowest BCUT2D eigenvalue weighted by Crippen LogP contribution is -2.07. The SMILES string of the molecule is CCOC(=S)SCC(=O)c1cc(I)cc(I)c1O. The highest BCUT2D eigenvalue weighted by Gasteiger charge is 2.15. The number of carbonyl (C=O) groups is 1. The van der Waals surface area contributed by atoms with E-state index in [0.717, 1.165) is 3.57 Å². The van der Waals surface area contributed by atoms with Crippen molar-refractivity contribution < 1.29 is 14.6 Å². The van der Waals surface area contributed by atoms with Crippen molar-refractivity contribution >= 4 is 79.3 Å². The molecule has 18 heavy (non-hydrogen) atoms. The molecule has 0 heterocycles. The molecule has 0 aromatic heterocycles. The zero-order valence-electron chi connectivity index (χ0n) is 9.41. The number of ketones is 1. The van der Waals surface area contributed by atoms with Gasteiger partial charge in [-0.05, 0) is 76.5 Å². The summed E-state index contributed by atoms with van der Waals surface area (Å²) in [6, 6.07) is 3.48. The Hall–Kier alpha value is 0.390. The van der Waals surface area contributed by atoms with E-state index in [4.69, 9.17) is 17.0 Å². The zero-order chi connectivity index (χ0) is 13.7. The van der Waals surface area contributed by atoms with Crippen molar-refractivity contribution in [1.29, 1.82) is 0 Å². The van der Waals surface area contributed by atoms with Crippen LogP contribution in [-0.4, -0.2) is 27.6 Å². The van der Waals surface area contributed by atoms with Gasteiger partial charge >= 0.3 is 0 Å². The predicted octanol–water partition coefficient (Wildman–Crippen LogP) is 3.84. The average Bonchev–Trinajstić information content (AvgIpc) is 2.31. The molecule has 0 spiro atoms. The van der Waals surface area contributed by atoms with Gasteiger partial charge in [0.05, 0.1) is 21.5 Å². The highest BCUT2D eigenvalue weighted by Crippen LogP contribution is 2.28. The molecule has 3 nitrogen and oxygen atoms in total. The number of aromatic hydroxyl groups is 1. The summed E-state index contributed by atoms with van der Waals surface area (Å²) < 4.78 is 7.01. The Bertz CT molecular complexity index is 478. The molecule has 1 aromatic carbocycles. The molecule has 0 saturated carbocycles. The molecule has 0 bridgehead atoms. The number of phenols is 1. The molecule has 0 unspecified atom stereocenters. The maximum absolute atomic E-state index is 12.0. The summed E-state index contributed by atoms with van der Waals surface area (Å²) in [6.07, 6.45) is 0. The fraction of sp³-hybridized carbons (Fsp3) is 0.273. The van der Waals surface area contributed by atoms with Crippen LogP contribution in [0, 0.1) is 7.14 Å². The molecule has 98 valence electrons. The van der Waals surface area contributed by atoms with Crippen molar-refractivity contribution in [1.82, 2.24) is 0 Å². The van der Waals surface area contributed by atoms with Gasteiger partial charge in [-0.1, -0.05) is 11.8 Å². The van der Waals surface area contributed by atoms with Gasteiger partial charge in [0.25, 0.3) is 0 Å². The van der Waals surface area contributed by atoms with E-state index >= 15 is 0 Å². The van der Waals surface area contributed by atoms with Crippen LogP contribution in [0.3, 0.4) is 0 Å². The number of thiocarbonyl (C=S) groups is 1. The van der Waals surface area contributed by atoms with E-state index in [1.54, 1.807) is 6.07 Å². The molecule has 1 N–H and O–H groups in total. The van der Waals surface area contributed by atoms with Crippen molar-refractivity contribution in [2.24, 2.45) is 0 Å². The zero-order valence-corrected chi connectivity index (χ0v) is 15.4. The second-order valence-electron chi connectivity index (χ2n) is 3.18. The van der Waals surface area contributed by atoms with Crippen molar-refractivity contribution in [3.8, 4) is 5.75 Å². The first kappa shape index (κ1) is 16.4. The number of Topliss-reactive ketones (excluding diaryl/α,β-unsaturated/α-hetero) is 1. The molecular weight excluding hydrogens is 498 g/mol. The number of ether oxygens (including phenoxy) is 1. The van der Waals surface area contributed by atoms with E-state index in [-0.39, 0.29) is 17.3 Å². The predicted molar refractivity (Wildman–Crippen MR) is 94.6 cm³/mol. The first-order valence-electron chi connectivity index (χ1n) is 4.96. The Morgan fingerprint density at radius 1 is 1.50 bits per heavy atom. The normalized spacial score (nSPS) is 10.2. The monoisotopic (exact) mass is 508 g/mol. The van der Waals surface area contributed by atoms with Gasteiger partial charge in [-0.3, -0.25) is 4.79 Å². The Labute approximate surface area is 142 Å². The van der Waals surface area contributed by atoms with Gasteiger partial charge in [0.15, 0.2) is 5.78 Å². The smallest absolute Gasteiger partial charge is 0.220 e. The van der Waals surface area contributed by atoms with Crippen molar-refractivity contribution in [2.75, 3.05) is 12.4 Å². The van der Waals surface area contributed by atoms with E-state index < -0.39 is 0 Å². The van der Waals surface area contributed by atoms with Gasteiger partial charge in [-0.25, -0.2) is 0 Å². The van der Waals surface area contributed by atoms with E-state index in [1.807, 2.05) is 35.6 Å². The number of rotatable bonds is 4. The number of benzene rings is 1. The highest BCUT2D eigenvalue weighted by molar-refractivity contribution is 14.1. The molecule has 0 aliphatic carbocycles. The molecule has 0 atom stereocenters. The largest absolute Gasteiger partial charge is 0.506 e. The van der Waals surface area contributed by atoms with Crippen LogP contribution < -0.4 is 0 Å². The quantitative estimate of drug-likeness (QED) is 0.381. The minimum Gasteiger partial charge on any atom is -0.506 e. The summed E-state index contributed by atoms with van der Waals surface area (Å²) in [5, 5.41) is 9.86. The lowest BCUT2D eigenvalue weighted by Gasteiger charge is -2.07. The first-order chi connectivity index (χ1) is 8.45. The van der Waals surface area contributed by atoms with Crippen LogP contribution in [0.15, 0.2) is 12.1 Å². The van der Waals surface area contributed by atoms with Gasteiger partial charge in [0.1, 0.15) is 5.75 Å². The van der Waals surface area contributed by atoms with Crippen LogP contribution in [0.1, 0.15) is 17.3 Å².